The Morgan fingerprint density at radius 1 is 1.03 bits per heavy atom. The molecule has 1 unspecified atom stereocenters. The number of methoxy groups -OCH3 is 1. The molecule has 0 bridgehead atoms. The Labute approximate surface area is 223 Å². The fraction of sp³-hybridized carbons (Fsp3) is 0.433. The molecule has 2 aliphatic heterocycles. The van der Waals surface area contributed by atoms with Crippen LogP contribution in [0.15, 0.2) is 60.7 Å². The molecule has 1 saturated heterocycles. The van der Waals surface area contributed by atoms with E-state index in [4.69, 9.17) is 9.72 Å². The van der Waals surface area contributed by atoms with Gasteiger partial charge in [0.1, 0.15) is 11.5 Å². The highest BCUT2D eigenvalue weighted by Crippen LogP contribution is 2.29. The number of likely N-dealkylation sites (tertiary alicyclic amines) is 1. The molecule has 2 atom stereocenters. The van der Waals surface area contributed by atoms with Gasteiger partial charge in [-0.1, -0.05) is 54.6 Å². The molecule has 1 saturated carbocycles. The standard InChI is InChI=1S/C30H35N5O3/c1-38-24-15-23(16-24)31-28-17-25(32-29(33-28)21-8-3-2-4-9-21)30(37)35-14-12-26(27(36)19-35)34-13-11-20-7-5-6-10-22(20)18-34/h2-10,17,23-24,26-27,36H,11-16,18-19H2,1H3,(H,31,32,33)/t23?,24?,26-,27?/m1/s1. The monoisotopic (exact) mass is 513 g/mol. The maximum atomic E-state index is 13.7. The summed E-state index contributed by atoms with van der Waals surface area (Å²) in [5.74, 6) is 0.991. The molecule has 8 heteroatoms. The average molecular weight is 514 g/mol. The number of ether oxygens (including phenoxy) is 1. The number of hydrogen-bond donors (Lipinski definition) is 2. The van der Waals surface area contributed by atoms with E-state index in [-0.39, 0.29) is 24.1 Å². The summed E-state index contributed by atoms with van der Waals surface area (Å²) in [6, 6.07) is 20.3. The summed E-state index contributed by atoms with van der Waals surface area (Å²) in [6.07, 6.45) is 3.20. The Morgan fingerprint density at radius 2 is 1.79 bits per heavy atom. The van der Waals surface area contributed by atoms with Gasteiger partial charge in [0.05, 0.1) is 12.2 Å². The minimum atomic E-state index is -0.605. The number of piperidine rings is 1. The van der Waals surface area contributed by atoms with Gasteiger partial charge in [-0.25, -0.2) is 9.97 Å². The summed E-state index contributed by atoms with van der Waals surface area (Å²) >= 11 is 0. The summed E-state index contributed by atoms with van der Waals surface area (Å²) in [5, 5.41) is 14.6. The highest BCUT2D eigenvalue weighted by molar-refractivity contribution is 5.93. The van der Waals surface area contributed by atoms with Crippen molar-refractivity contribution in [1.29, 1.82) is 0 Å². The Morgan fingerprint density at radius 3 is 2.55 bits per heavy atom. The van der Waals surface area contributed by atoms with E-state index in [0.717, 1.165) is 44.3 Å². The quantitative estimate of drug-likeness (QED) is 0.522. The van der Waals surface area contributed by atoms with Gasteiger partial charge in [0.2, 0.25) is 0 Å². The number of benzene rings is 2. The molecule has 0 spiro atoms. The average Bonchev–Trinajstić information content (AvgIpc) is 2.94. The van der Waals surface area contributed by atoms with Gasteiger partial charge in [-0.3, -0.25) is 9.69 Å². The number of nitrogens with zero attached hydrogens (tertiary/aromatic N) is 4. The predicted octanol–water partition coefficient (Wildman–Crippen LogP) is 3.37. The first-order valence-corrected chi connectivity index (χ1v) is 13.6. The minimum absolute atomic E-state index is 0.0438. The number of fused-ring (bicyclic) bond motifs is 1. The van der Waals surface area contributed by atoms with E-state index in [1.807, 2.05) is 30.3 Å². The zero-order chi connectivity index (χ0) is 26.1. The van der Waals surface area contributed by atoms with Crippen LogP contribution in [0.5, 0.6) is 0 Å². The van der Waals surface area contributed by atoms with Crippen LogP contribution in [0.4, 0.5) is 5.82 Å². The van der Waals surface area contributed by atoms with Crippen LogP contribution < -0.4 is 5.32 Å². The van der Waals surface area contributed by atoms with Crippen molar-refractivity contribution in [2.45, 2.75) is 56.5 Å². The van der Waals surface area contributed by atoms with Crippen LogP contribution in [-0.4, -0.2) is 81.8 Å². The molecule has 3 aromatic rings. The lowest BCUT2D eigenvalue weighted by Gasteiger charge is -2.43. The number of amides is 1. The molecule has 1 amide bonds. The van der Waals surface area contributed by atoms with Crippen molar-refractivity contribution < 1.29 is 14.6 Å². The normalized spacial score (nSPS) is 25.4. The van der Waals surface area contributed by atoms with Gasteiger partial charge in [0, 0.05) is 57.0 Å². The van der Waals surface area contributed by atoms with Crippen LogP contribution in [0.3, 0.4) is 0 Å². The first-order valence-electron chi connectivity index (χ1n) is 13.6. The highest BCUT2D eigenvalue weighted by atomic mass is 16.5. The lowest BCUT2D eigenvalue weighted by molar-refractivity contribution is -0.0139. The van der Waals surface area contributed by atoms with Crippen LogP contribution in [0.1, 0.15) is 40.9 Å². The van der Waals surface area contributed by atoms with E-state index >= 15 is 0 Å². The maximum Gasteiger partial charge on any atom is 0.272 e. The third kappa shape index (κ3) is 5.16. The van der Waals surface area contributed by atoms with Crippen molar-refractivity contribution in [2.24, 2.45) is 0 Å². The molecule has 6 rings (SSSR count). The molecule has 2 aromatic carbocycles. The fourth-order valence-electron chi connectivity index (χ4n) is 5.92. The van der Waals surface area contributed by atoms with E-state index in [2.05, 4.69) is 39.5 Å². The van der Waals surface area contributed by atoms with Crippen LogP contribution in [-0.2, 0) is 17.7 Å². The van der Waals surface area contributed by atoms with Gasteiger partial charge in [-0.2, -0.15) is 0 Å². The predicted molar refractivity (Wildman–Crippen MR) is 146 cm³/mol. The molecule has 3 aliphatic rings. The van der Waals surface area contributed by atoms with Crippen molar-refractivity contribution in [3.63, 3.8) is 0 Å². The van der Waals surface area contributed by atoms with Crippen LogP contribution in [0.2, 0.25) is 0 Å². The zero-order valence-corrected chi connectivity index (χ0v) is 21.8. The van der Waals surface area contributed by atoms with Crippen molar-refractivity contribution >= 4 is 11.7 Å². The molecule has 2 N–H and O–H groups in total. The number of aliphatic hydroxyl groups excluding tert-OH is 1. The third-order valence-electron chi connectivity index (χ3n) is 8.22. The number of nitrogens with one attached hydrogen (secondary N) is 1. The molecule has 1 aromatic heterocycles. The van der Waals surface area contributed by atoms with Gasteiger partial charge in [-0.15, -0.1) is 0 Å². The molecule has 38 heavy (non-hydrogen) atoms. The Balaban J connectivity index is 1.17. The van der Waals surface area contributed by atoms with Gasteiger partial charge < -0.3 is 20.1 Å². The Kier molecular flexibility index (Phi) is 7.10. The summed E-state index contributed by atoms with van der Waals surface area (Å²) in [7, 11) is 1.73. The lowest BCUT2D eigenvalue weighted by Crippen LogP contribution is -2.56. The number of β-amino-alcohol motifs (C(OH)–C–C–N with tert-alkyl or cyclic N) is 1. The van der Waals surface area contributed by atoms with Crippen LogP contribution >= 0.6 is 0 Å². The van der Waals surface area contributed by atoms with Crippen molar-refractivity contribution in [3.05, 3.63) is 77.5 Å². The van der Waals surface area contributed by atoms with E-state index in [0.29, 0.717) is 30.4 Å². The summed E-state index contributed by atoms with van der Waals surface area (Å²) in [5.41, 5.74) is 3.94. The fourth-order valence-corrected chi connectivity index (χ4v) is 5.92. The topological polar surface area (TPSA) is 90.8 Å². The molecule has 0 radical (unpaired) electrons. The number of carbonyl (C=O) groups is 1. The molecule has 3 heterocycles. The molecule has 2 fully saturated rings. The number of aliphatic hydroxyl groups is 1. The molecular formula is C30H35N5O3. The lowest BCUT2D eigenvalue weighted by atomic mass is 9.89. The SMILES string of the molecule is COC1CC(Nc2cc(C(=O)N3CC[C@@H](N4CCc5ccccc5C4)C(O)C3)nc(-c3ccccc3)n2)C1. The van der Waals surface area contributed by atoms with E-state index in [9.17, 15) is 9.90 Å². The third-order valence-corrected chi connectivity index (χ3v) is 8.22. The second-order valence-electron chi connectivity index (χ2n) is 10.7. The number of hydrogen-bond acceptors (Lipinski definition) is 7. The van der Waals surface area contributed by atoms with Crippen LogP contribution in [0.25, 0.3) is 11.4 Å². The molecule has 8 nitrogen and oxygen atoms in total. The summed E-state index contributed by atoms with van der Waals surface area (Å²) in [4.78, 5) is 27.2. The van der Waals surface area contributed by atoms with Crippen molar-refractivity contribution in [1.82, 2.24) is 19.8 Å². The molecular weight excluding hydrogens is 478 g/mol. The van der Waals surface area contributed by atoms with E-state index < -0.39 is 6.10 Å². The van der Waals surface area contributed by atoms with Crippen molar-refractivity contribution in [3.8, 4) is 11.4 Å². The van der Waals surface area contributed by atoms with Gasteiger partial charge in [-0.05, 0) is 36.8 Å². The number of rotatable bonds is 6. The Hall–Kier alpha value is -3.33. The first kappa shape index (κ1) is 25.0. The number of carbonyl (C=O) groups excluding carboxylic acids is 1. The van der Waals surface area contributed by atoms with Crippen molar-refractivity contribution in [2.75, 3.05) is 32.1 Å². The van der Waals surface area contributed by atoms with Gasteiger partial charge in [0.15, 0.2) is 5.82 Å². The largest absolute Gasteiger partial charge is 0.390 e. The first-order chi connectivity index (χ1) is 18.6. The van der Waals surface area contributed by atoms with Gasteiger partial charge in [0.25, 0.3) is 5.91 Å². The van der Waals surface area contributed by atoms with E-state index in [1.54, 1.807) is 18.1 Å². The molecule has 198 valence electrons. The van der Waals surface area contributed by atoms with Crippen LogP contribution in [0, 0.1) is 0 Å². The molecule has 1 aliphatic carbocycles. The Bertz CT molecular complexity index is 1280. The maximum absolute atomic E-state index is 13.7. The smallest absolute Gasteiger partial charge is 0.272 e. The zero-order valence-electron chi connectivity index (χ0n) is 21.8. The number of anilines is 1. The summed E-state index contributed by atoms with van der Waals surface area (Å²) < 4.78 is 5.41. The van der Waals surface area contributed by atoms with E-state index in [1.165, 1.54) is 11.1 Å². The number of aromatic nitrogens is 2. The minimum Gasteiger partial charge on any atom is -0.390 e. The second kappa shape index (κ2) is 10.8. The highest BCUT2D eigenvalue weighted by Gasteiger charge is 2.36. The second-order valence-corrected chi connectivity index (χ2v) is 10.7. The summed E-state index contributed by atoms with van der Waals surface area (Å²) in [6.45, 7) is 2.66. The van der Waals surface area contributed by atoms with Gasteiger partial charge >= 0.3 is 0 Å².